The average Bonchev–Trinajstić information content (AvgIpc) is 0.819. The van der Waals surface area contributed by atoms with Gasteiger partial charge in [-0.25, -0.2) is 4.98 Å². The molecule has 38 nitrogen and oxygen atoms in total. The van der Waals surface area contributed by atoms with Crippen LogP contribution in [0, 0.1) is 6.92 Å². The SMILES string of the molecule is COc1cc(Cc2cnc(N)nc2N)cc(OC)c1OCCCCC(=O)NCCOCCOCCNC(=O)CN(CCN(CCN(CC(=O)O)CC(=O)Cc1ccc2c(c1)CC(=O)C=C2C)COC=O)CC(=O)O.Cc1cc(=O)[nH]c2cc(N)ccc12.O=COCN(CCN1CC(=O)OC(=O)C1)CCN1CC(=O)OC(=O)C1. The van der Waals surface area contributed by atoms with Gasteiger partial charge in [0.05, 0.1) is 105 Å². The molecule has 0 atom stereocenters. The number of nitrogen functional groups attached to an aromatic ring is 3. The Hall–Kier alpha value is -11.4. The molecule has 0 unspecified atom stereocenters. The van der Waals surface area contributed by atoms with Crippen LogP contribution in [0.5, 0.6) is 17.2 Å². The number of nitrogens with zero attached hydrogens (tertiary/aromatic N) is 8. The predicted octanol–water partition coefficient (Wildman–Crippen LogP) is -0.782. The van der Waals surface area contributed by atoms with E-state index in [2.05, 4.69) is 35.1 Å². The number of pyridine rings is 1. The molecule has 0 saturated carbocycles. The quantitative estimate of drug-likeness (QED) is 0.00450. The van der Waals surface area contributed by atoms with E-state index in [1.54, 1.807) is 44.0 Å². The van der Waals surface area contributed by atoms with Gasteiger partial charge in [-0.3, -0.25) is 91.7 Å². The average molecular weight is 1570 g/mol. The standard InChI is InChI=1S/C50H69N9O15.C14H19N3O8.C10H10N2O/c1-34-20-39(61)26-37-21-35(7-8-41(34)37)23-40(62)28-58(30-46(65)66)13-11-57(32-73-33-60)12-14-59(31-47(67)68)29-45(64)54-10-17-72-19-18-71-16-9-53-44(63)6-4-5-15-74-48-42(69-2)24-36(25-43(48)70-3)22-38-27-55-50(52)56-49(38)51;18-10-23-9-15(1-3-16-5-11(19)24-12(20)6-16)2-4-17-7-13(21)25-14(22)8-17;1-6-4-10(13)12-9-5-7(11)2-3-8(6)9/h7-8,20-21,24-25,27,33H,4-6,9-19,22-23,26,28-32H2,1-3H3,(H,53,63)(H,54,64)(H,65,66)(H,67,68)(H4,51,52,55,56);10H,1-9H2;2-5H,11H2,1H3,(H,12,13). The number of aryl methyl sites for hydroxylation is 1. The van der Waals surface area contributed by atoms with Crippen molar-refractivity contribution in [1.82, 2.24) is 55.0 Å². The van der Waals surface area contributed by atoms with Crippen LogP contribution in [0.25, 0.3) is 16.5 Å². The van der Waals surface area contributed by atoms with Crippen molar-refractivity contribution in [3.8, 4) is 17.2 Å². The fourth-order valence-corrected chi connectivity index (χ4v) is 11.8. The van der Waals surface area contributed by atoms with Crippen LogP contribution in [0.1, 0.15) is 59.6 Å². The number of carbonyl (C=O) groups is 12. The third kappa shape index (κ3) is 33.0. The lowest BCUT2D eigenvalue weighted by Gasteiger charge is -2.30. The number of fused-ring (bicyclic) bond motifs is 2. The molecule has 2 aliphatic heterocycles. The van der Waals surface area contributed by atoms with E-state index in [-0.39, 0.29) is 166 Å². The van der Waals surface area contributed by atoms with Gasteiger partial charge in [-0.15, -0.1) is 0 Å². The number of benzene rings is 3. The number of ether oxygens (including phenoxy) is 9. The van der Waals surface area contributed by atoms with Crippen molar-refractivity contribution in [1.29, 1.82) is 0 Å². The van der Waals surface area contributed by atoms with Crippen molar-refractivity contribution in [2.45, 2.75) is 52.4 Å². The van der Waals surface area contributed by atoms with E-state index in [1.807, 2.05) is 56.3 Å². The highest BCUT2D eigenvalue weighted by Crippen LogP contribution is 2.39. The highest BCUT2D eigenvalue weighted by Gasteiger charge is 2.28. The lowest BCUT2D eigenvalue weighted by atomic mass is 9.89. The lowest BCUT2D eigenvalue weighted by Crippen LogP contribution is -2.48. The summed E-state index contributed by atoms with van der Waals surface area (Å²) in [6.45, 7) is 6.60. The van der Waals surface area contributed by atoms with E-state index < -0.39 is 54.8 Å². The van der Waals surface area contributed by atoms with Gasteiger partial charge in [-0.1, -0.05) is 24.3 Å². The monoisotopic (exact) mass is 1570 g/mol. The molecule has 112 heavy (non-hydrogen) atoms. The maximum atomic E-state index is 13.1. The number of aromatic nitrogens is 3. The van der Waals surface area contributed by atoms with Crippen molar-refractivity contribution < 1.29 is 110 Å². The van der Waals surface area contributed by atoms with E-state index in [1.165, 1.54) is 24.0 Å². The Morgan fingerprint density at radius 3 is 1.74 bits per heavy atom. The molecule has 2 fully saturated rings. The third-order valence-electron chi connectivity index (χ3n) is 17.1. The molecule has 8 rings (SSSR count). The number of nitrogens with two attached hydrogens (primary N) is 3. The molecule has 2 saturated heterocycles. The first-order valence-electron chi connectivity index (χ1n) is 35.7. The molecule has 0 bridgehead atoms. The number of esters is 4. The van der Waals surface area contributed by atoms with Crippen LogP contribution in [0.3, 0.4) is 0 Å². The fraction of sp³-hybridized carbons (Fsp3) is 0.473. The first-order valence-corrected chi connectivity index (χ1v) is 35.7. The van der Waals surface area contributed by atoms with Crippen LogP contribution >= 0.6 is 0 Å². The molecule has 608 valence electrons. The van der Waals surface area contributed by atoms with Crippen LogP contribution < -0.4 is 47.6 Å². The summed E-state index contributed by atoms with van der Waals surface area (Å²) in [6, 6.07) is 16.2. The lowest BCUT2D eigenvalue weighted by molar-refractivity contribution is -0.168. The summed E-state index contributed by atoms with van der Waals surface area (Å²) in [5.74, 6) is -3.78. The number of morpholine rings is 2. The number of anilines is 3. The summed E-state index contributed by atoms with van der Waals surface area (Å²) in [7, 11) is 3.06. The number of hydrogen-bond acceptors (Lipinski definition) is 33. The van der Waals surface area contributed by atoms with Gasteiger partial charge >= 0.3 is 35.8 Å². The molecule has 2 aromatic heterocycles. The summed E-state index contributed by atoms with van der Waals surface area (Å²) >= 11 is 0. The fourth-order valence-electron chi connectivity index (χ4n) is 11.8. The number of aliphatic carboxylic acids is 2. The van der Waals surface area contributed by atoms with Crippen molar-refractivity contribution >= 4 is 106 Å². The second kappa shape index (κ2) is 47.6. The van der Waals surface area contributed by atoms with Crippen LogP contribution in [0.15, 0.2) is 71.7 Å². The number of methoxy groups -OCH3 is 2. The zero-order valence-electron chi connectivity index (χ0n) is 63.1. The van der Waals surface area contributed by atoms with Gasteiger partial charge in [0, 0.05) is 120 Å². The molecule has 0 radical (unpaired) electrons. The third-order valence-corrected chi connectivity index (χ3v) is 17.1. The van der Waals surface area contributed by atoms with Crippen molar-refractivity contribution in [2.24, 2.45) is 0 Å². The van der Waals surface area contributed by atoms with E-state index >= 15 is 0 Å². The second-order valence-electron chi connectivity index (χ2n) is 26.0. The molecule has 38 heteroatoms. The normalized spacial score (nSPS) is 13.6. The first kappa shape index (κ1) is 89.5. The molecule has 2 amide bonds. The number of aromatic amines is 1. The minimum Gasteiger partial charge on any atom is -0.493 e. The number of hydrogen-bond donors (Lipinski definition) is 8. The number of rotatable bonds is 47. The minimum atomic E-state index is -1.17. The molecule has 3 aromatic carbocycles. The molecular formula is C74H98N14O24. The van der Waals surface area contributed by atoms with Gasteiger partial charge in [0.2, 0.25) is 29.1 Å². The molecule has 0 spiro atoms. The minimum absolute atomic E-state index is 0.0145. The van der Waals surface area contributed by atoms with E-state index in [9.17, 15) is 72.5 Å². The Balaban J connectivity index is 0.000000412. The Morgan fingerprint density at radius 1 is 0.634 bits per heavy atom. The van der Waals surface area contributed by atoms with Gasteiger partial charge in [0.1, 0.15) is 19.3 Å². The molecule has 1 aliphatic carbocycles. The topological polar surface area (TPSA) is 509 Å². The highest BCUT2D eigenvalue weighted by atomic mass is 16.6. The number of carboxylic acid groups (broad SMARTS) is 2. The van der Waals surface area contributed by atoms with Crippen molar-refractivity contribution in [3.05, 3.63) is 111 Å². The summed E-state index contributed by atoms with van der Waals surface area (Å²) in [6.07, 6.45) is 5.33. The molecule has 11 N–H and O–H groups in total. The number of cyclic esters (lactones) is 4. The number of allylic oxidation sites excluding steroid dienone is 2. The second-order valence-corrected chi connectivity index (χ2v) is 26.0. The maximum Gasteiger partial charge on any atom is 0.327 e. The van der Waals surface area contributed by atoms with Crippen molar-refractivity contribution in [2.75, 3.05) is 196 Å². The Labute approximate surface area is 645 Å². The first-order chi connectivity index (χ1) is 53.7. The van der Waals surface area contributed by atoms with Gasteiger partial charge in [-0.05, 0) is 90.4 Å². The van der Waals surface area contributed by atoms with E-state index in [4.69, 9.17) is 50.4 Å². The summed E-state index contributed by atoms with van der Waals surface area (Å²) in [4.78, 5) is 172. The van der Waals surface area contributed by atoms with Gasteiger partial charge in [0.15, 0.2) is 23.1 Å². The molecule has 4 heterocycles. The van der Waals surface area contributed by atoms with Crippen LogP contribution in [-0.4, -0.2) is 305 Å². The van der Waals surface area contributed by atoms with E-state index in [0.29, 0.717) is 106 Å². The number of H-pyrrole nitrogens is 1. The number of carbonyl (C=O) groups excluding carboxylic acids is 10. The van der Waals surface area contributed by atoms with Crippen molar-refractivity contribution in [3.63, 3.8) is 0 Å². The van der Waals surface area contributed by atoms with Crippen LogP contribution in [0.2, 0.25) is 0 Å². The largest absolute Gasteiger partial charge is 0.493 e. The number of amides is 2. The summed E-state index contributed by atoms with van der Waals surface area (Å²) in [5.41, 5.74) is 24.4. The van der Waals surface area contributed by atoms with Gasteiger partial charge < -0.3 is 85.7 Å². The summed E-state index contributed by atoms with van der Waals surface area (Å²) < 4.78 is 46.8. The zero-order valence-corrected chi connectivity index (χ0v) is 63.1. The number of Topliss-reactive ketones (excluding diaryl/α,β-unsaturated/α-hetero) is 1. The van der Waals surface area contributed by atoms with Crippen LogP contribution in [0.4, 0.5) is 17.5 Å². The summed E-state index contributed by atoms with van der Waals surface area (Å²) in [5, 5.41) is 25.6. The number of nitrogens with one attached hydrogen (secondary N) is 3. The van der Waals surface area contributed by atoms with Gasteiger partial charge in [0.25, 0.3) is 12.9 Å². The number of ketones is 2. The zero-order chi connectivity index (χ0) is 81.5. The van der Waals surface area contributed by atoms with E-state index in [0.717, 1.165) is 38.7 Å². The number of unbranched alkanes of at least 4 members (excludes halogenated alkanes) is 1. The molecule has 3 aliphatic rings. The Bertz CT molecular complexity index is 4060. The predicted molar refractivity (Wildman–Crippen MR) is 402 cm³/mol. The smallest absolute Gasteiger partial charge is 0.327 e. The Kier molecular flexibility index (Phi) is 38.1. The molecule has 5 aromatic rings. The maximum absolute atomic E-state index is 13.1. The Morgan fingerprint density at radius 2 is 1.19 bits per heavy atom. The highest BCUT2D eigenvalue weighted by molar-refractivity contribution is 6.01. The van der Waals surface area contributed by atoms with Crippen LogP contribution in [-0.2, 0) is 105 Å². The molecular weight excluding hydrogens is 1470 g/mol. The van der Waals surface area contributed by atoms with Gasteiger partial charge in [-0.2, -0.15) is 4.98 Å². The number of carboxylic acids is 2.